The molecule has 4 nitrogen and oxygen atoms in total. The Kier molecular flexibility index (Phi) is 4.09. The molecule has 0 radical (unpaired) electrons. The molecule has 0 saturated carbocycles. The summed E-state index contributed by atoms with van der Waals surface area (Å²) in [6.45, 7) is 4.30. The van der Waals surface area contributed by atoms with Crippen LogP contribution >= 0.6 is 0 Å². The number of carboxylic acids is 1. The van der Waals surface area contributed by atoms with E-state index in [9.17, 15) is 4.79 Å². The largest absolute Gasteiger partial charge is 0.481 e. The van der Waals surface area contributed by atoms with Gasteiger partial charge >= 0.3 is 5.97 Å². The molecular formula is C11H16N2O2. The van der Waals surface area contributed by atoms with Crippen molar-refractivity contribution in [3.63, 3.8) is 0 Å². The predicted octanol–water partition coefficient (Wildman–Crippen LogP) is 1.91. The minimum atomic E-state index is -0.756. The molecule has 1 aromatic rings. The lowest BCUT2D eigenvalue weighted by atomic mass is 10.1. The molecule has 15 heavy (non-hydrogen) atoms. The van der Waals surface area contributed by atoms with Gasteiger partial charge in [-0.05, 0) is 25.0 Å². The summed E-state index contributed by atoms with van der Waals surface area (Å²) in [7, 11) is 0. The van der Waals surface area contributed by atoms with E-state index < -0.39 is 5.97 Å². The van der Waals surface area contributed by atoms with Gasteiger partial charge in [-0.1, -0.05) is 13.0 Å². The minimum Gasteiger partial charge on any atom is -0.481 e. The summed E-state index contributed by atoms with van der Waals surface area (Å²) < 4.78 is 0. The molecule has 4 heteroatoms. The van der Waals surface area contributed by atoms with E-state index in [2.05, 4.69) is 10.3 Å². The first-order valence-corrected chi connectivity index (χ1v) is 4.99. The molecule has 0 bridgehead atoms. The van der Waals surface area contributed by atoms with Crippen LogP contribution in [0.4, 0.5) is 5.82 Å². The Morgan fingerprint density at radius 2 is 2.33 bits per heavy atom. The van der Waals surface area contributed by atoms with Gasteiger partial charge in [0.25, 0.3) is 0 Å². The van der Waals surface area contributed by atoms with Crippen molar-refractivity contribution in [1.82, 2.24) is 4.98 Å². The lowest BCUT2D eigenvalue weighted by Crippen LogP contribution is -2.14. The fourth-order valence-corrected chi connectivity index (χ4v) is 1.11. The Morgan fingerprint density at radius 1 is 1.60 bits per heavy atom. The summed E-state index contributed by atoms with van der Waals surface area (Å²) in [6, 6.07) is 3.86. The fourth-order valence-electron chi connectivity index (χ4n) is 1.11. The Labute approximate surface area is 89.3 Å². The zero-order valence-corrected chi connectivity index (χ0v) is 9.03. The van der Waals surface area contributed by atoms with E-state index in [0.29, 0.717) is 13.0 Å². The van der Waals surface area contributed by atoms with Gasteiger partial charge in [-0.2, -0.15) is 0 Å². The van der Waals surface area contributed by atoms with E-state index in [-0.39, 0.29) is 5.92 Å². The Hall–Kier alpha value is -1.58. The van der Waals surface area contributed by atoms with E-state index in [1.165, 1.54) is 0 Å². The van der Waals surface area contributed by atoms with Gasteiger partial charge in [-0.25, -0.2) is 4.98 Å². The molecule has 0 aliphatic rings. The monoisotopic (exact) mass is 208 g/mol. The molecular weight excluding hydrogens is 192 g/mol. The van der Waals surface area contributed by atoms with Gasteiger partial charge in [0.05, 0.1) is 5.92 Å². The van der Waals surface area contributed by atoms with Gasteiger partial charge in [0.15, 0.2) is 0 Å². The van der Waals surface area contributed by atoms with Gasteiger partial charge in [0, 0.05) is 12.7 Å². The van der Waals surface area contributed by atoms with E-state index >= 15 is 0 Å². The number of anilines is 1. The Bertz CT molecular complexity index is 322. The first-order valence-electron chi connectivity index (χ1n) is 4.99. The molecule has 0 fully saturated rings. The molecule has 1 aromatic heterocycles. The molecule has 1 heterocycles. The van der Waals surface area contributed by atoms with E-state index in [1.54, 1.807) is 13.1 Å². The molecule has 0 amide bonds. The van der Waals surface area contributed by atoms with Gasteiger partial charge in [-0.3, -0.25) is 4.79 Å². The van der Waals surface area contributed by atoms with Crippen LogP contribution in [-0.2, 0) is 4.79 Å². The predicted molar refractivity (Wildman–Crippen MR) is 58.9 cm³/mol. The van der Waals surface area contributed by atoms with Crippen molar-refractivity contribution in [2.45, 2.75) is 20.3 Å². The molecule has 82 valence electrons. The van der Waals surface area contributed by atoms with Crippen LogP contribution in [0.25, 0.3) is 0 Å². The average Bonchev–Trinajstić information content (AvgIpc) is 2.20. The highest BCUT2D eigenvalue weighted by Crippen LogP contribution is 2.06. The van der Waals surface area contributed by atoms with Crippen LogP contribution < -0.4 is 5.32 Å². The van der Waals surface area contributed by atoms with Gasteiger partial charge < -0.3 is 10.4 Å². The molecule has 1 unspecified atom stereocenters. The fraction of sp³-hybridized carbons (Fsp3) is 0.455. The highest BCUT2D eigenvalue weighted by molar-refractivity contribution is 5.69. The van der Waals surface area contributed by atoms with Crippen molar-refractivity contribution >= 4 is 11.8 Å². The lowest BCUT2D eigenvalue weighted by molar-refractivity contribution is -0.141. The van der Waals surface area contributed by atoms with E-state index in [0.717, 1.165) is 11.4 Å². The summed E-state index contributed by atoms with van der Waals surface area (Å²) in [5, 5.41) is 11.8. The number of aliphatic carboxylic acids is 1. The number of rotatable bonds is 5. The lowest BCUT2D eigenvalue weighted by Gasteiger charge is -2.08. The number of aryl methyl sites for hydroxylation is 1. The zero-order valence-electron chi connectivity index (χ0n) is 9.03. The molecule has 2 N–H and O–H groups in total. The Morgan fingerprint density at radius 3 is 2.87 bits per heavy atom. The van der Waals surface area contributed by atoms with Gasteiger partial charge in [0.2, 0.25) is 0 Å². The summed E-state index contributed by atoms with van der Waals surface area (Å²) in [5.74, 6) is -0.283. The smallest absolute Gasteiger partial charge is 0.306 e. The molecule has 0 aromatic carbocycles. The van der Waals surface area contributed by atoms with Crippen LogP contribution in [0.1, 0.15) is 18.9 Å². The highest BCUT2D eigenvalue weighted by Gasteiger charge is 2.09. The molecule has 1 rings (SSSR count). The maximum Gasteiger partial charge on any atom is 0.306 e. The number of hydrogen-bond acceptors (Lipinski definition) is 3. The number of carboxylic acid groups (broad SMARTS) is 1. The van der Waals surface area contributed by atoms with Crippen molar-refractivity contribution < 1.29 is 9.90 Å². The number of pyridine rings is 1. The second-order valence-corrected chi connectivity index (χ2v) is 3.68. The first kappa shape index (κ1) is 11.5. The average molecular weight is 208 g/mol. The van der Waals surface area contributed by atoms with E-state index in [1.807, 2.05) is 19.1 Å². The van der Waals surface area contributed by atoms with Crippen LogP contribution in [0.2, 0.25) is 0 Å². The maximum absolute atomic E-state index is 10.5. The van der Waals surface area contributed by atoms with Crippen molar-refractivity contribution in [3.8, 4) is 0 Å². The third kappa shape index (κ3) is 3.97. The summed E-state index contributed by atoms with van der Waals surface area (Å²) in [6.07, 6.45) is 2.38. The number of aromatic nitrogens is 1. The van der Waals surface area contributed by atoms with Crippen LogP contribution in [0.5, 0.6) is 0 Å². The quantitative estimate of drug-likeness (QED) is 0.776. The summed E-state index contributed by atoms with van der Waals surface area (Å²) in [4.78, 5) is 14.7. The zero-order chi connectivity index (χ0) is 11.3. The minimum absolute atomic E-state index is 0.317. The van der Waals surface area contributed by atoms with Gasteiger partial charge in [-0.15, -0.1) is 0 Å². The number of hydrogen-bond donors (Lipinski definition) is 2. The molecule has 0 aliphatic carbocycles. The molecule has 0 spiro atoms. The van der Waals surface area contributed by atoms with Crippen molar-refractivity contribution in [2.24, 2.45) is 5.92 Å². The number of nitrogens with one attached hydrogen (secondary N) is 1. The molecule has 0 aliphatic heterocycles. The van der Waals surface area contributed by atoms with Crippen molar-refractivity contribution in [3.05, 3.63) is 23.9 Å². The van der Waals surface area contributed by atoms with Crippen LogP contribution in [-0.4, -0.2) is 22.6 Å². The van der Waals surface area contributed by atoms with Crippen molar-refractivity contribution in [2.75, 3.05) is 11.9 Å². The second kappa shape index (κ2) is 5.34. The summed E-state index contributed by atoms with van der Waals surface area (Å²) in [5.41, 5.74) is 1.11. The first-order chi connectivity index (χ1) is 7.09. The molecule has 0 saturated heterocycles. The SMILES string of the molecule is Cc1ccc(NCCC(C)C(=O)O)nc1. The third-order valence-corrected chi connectivity index (χ3v) is 2.22. The van der Waals surface area contributed by atoms with Crippen molar-refractivity contribution in [1.29, 1.82) is 0 Å². The van der Waals surface area contributed by atoms with E-state index in [4.69, 9.17) is 5.11 Å². The number of nitrogens with zero attached hydrogens (tertiary/aromatic N) is 1. The standard InChI is InChI=1S/C11H16N2O2/c1-8-3-4-10(13-7-8)12-6-5-9(2)11(14)15/h3-4,7,9H,5-6H2,1-2H3,(H,12,13)(H,14,15). The summed E-state index contributed by atoms with van der Waals surface area (Å²) >= 11 is 0. The molecule has 1 atom stereocenters. The highest BCUT2D eigenvalue weighted by atomic mass is 16.4. The number of carbonyl (C=O) groups is 1. The van der Waals surface area contributed by atoms with Crippen LogP contribution in [0.15, 0.2) is 18.3 Å². The van der Waals surface area contributed by atoms with Gasteiger partial charge in [0.1, 0.15) is 5.82 Å². The van der Waals surface area contributed by atoms with Crippen LogP contribution in [0.3, 0.4) is 0 Å². The second-order valence-electron chi connectivity index (χ2n) is 3.68. The van der Waals surface area contributed by atoms with Crippen LogP contribution in [0, 0.1) is 12.8 Å². The Balaban J connectivity index is 2.32. The topological polar surface area (TPSA) is 62.2 Å². The third-order valence-electron chi connectivity index (χ3n) is 2.22. The maximum atomic E-state index is 10.5. The normalized spacial score (nSPS) is 12.1.